The van der Waals surface area contributed by atoms with Crippen LogP contribution in [0, 0.1) is 5.92 Å². The SMILES string of the molecule is CC1CCCCC1NC(=O)COC(=O)CSc1ccc2ccccc2c1. The zero-order chi connectivity index (χ0) is 18.4. The second-order valence-electron chi connectivity index (χ2n) is 6.89. The first-order chi connectivity index (χ1) is 12.6. The Morgan fingerprint density at radius 2 is 1.88 bits per heavy atom. The second kappa shape index (κ2) is 9.08. The molecule has 138 valence electrons. The van der Waals surface area contributed by atoms with Crippen molar-refractivity contribution in [2.75, 3.05) is 12.4 Å². The smallest absolute Gasteiger partial charge is 0.316 e. The van der Waals surface area contributed by atoms with Crippen LogP contribution in [0.5, 0.6) is 0 Å². The van der Waals surface area contributed by atoms with Crippen LogP contribution in [0.3, 0.4) is 0 Å². The molecule has 0 heterocycles. The Labute approximate surface area is 158 Å². The second-order valence-corrected chi connectivity index (χ2v) is 7.94. The summed E-state index contributed by atoms with van der Waals surface area (Å²) in [4.78, 5) is 24.9. The summed E-state index contributed by atoms with van der Waals surface area (Å²) in [5.41, 5.74) is 0. The van der Waals surface area contributed by atoms with Gasteiger partial charge in [-0.2, -0.15) is 0 Å². The molecule has 4 nitrogen and oxygen atoms in total. The third kappa shape index (κ3) is 5.24. The Kier molecular flexibility index (Phi) is 6.56. The third-order valence-corrected chi connectivity index (χ3v) is 5.87. The molecule has 2 unspecified atom stereocenters. The first-order valence-corrected chi connectivity index (χ1v) is 10.2. The van der Waals surface area contributed by atoms with Gasteiger partial charge in [-0.3, -0.25) is 9.59 Å². The maximum Gasteiger partial charge on any atom is 0.316 e. The van der Waals surface area contributed by atoms with Crippen molar-refractivity contribution in [3.05, 3.63) is 42.5 Å². The van der Waals surface area contributed by atoms with E-state index in [2.05, 4.69) is 24.4 Å². The van der Waals surface area contributed by atoms with E-state index in [4.69, 9.17) is 4.74 Å². The molecule has 3 rings (SSSR count). The predicted octanol–water partition coefficient (Wildman–Crippen LogP) is 4.17. The van der Waals surface area contributed by atoms with Crippen molar-refractivity contribution in [2.24, 2.45) is 5.92 Å². The maximum absolute atomic E-state index is 12.0. The van der Waals surface area contributed by atoms with Crippen LogP contribution >= 0.6 is 11.8 Å². The highest BCUT2D eigenvalue weighted by atomic mass is 32.2. The summed E-state index contributed by atoms with van der Waals surface area (Å²) in [6.07, 6.45) is 4.54. The van der Waals surface area contributed by atoms with E-state index in [0.29, 0.717) is 5.92 Å². The van der Waals surface area contributed by atoms with Gasteiger partial charge in [-0.05, 0) is 41.7 Å². The molecule has 1 amide bonds. The third-order valence-electron chi connectivity index (χ3n) is 4.90. The van der Waals surface area contributed by atoms with Crippen LogP contribution < -0.4 is 5.32 Å². The largest absolute Gasteiger partial charge is 0.455 e. The molecule has 2 aromatic rings. The lowest BCUT2D eigenvalue weighted by atomic mass is 9.86. The predicted molar refractivity (Wildman–Crippen MR) is 105 cm³/mol. The molecule has 1 aliphatic rings. The van der Waals surface area contributed by atoms with Crippen LogP contribution in [0.15, 0.2) is 47.4 Å². The van der Waals surface area contributed by atoms with Gasteiger partial charge in [0.05, 0.1) is 5.75 Å². The van der Waals surface area contributed by atoms with Crippen molar-refractivity contribution in [2.45, 2.75) is 43.5 Å². The highest BCUT2D eigenvalue weighted by Gasteiger charge is 2.23. The molecule has 1 fully saturated rings. The molecule has 1 aliphatic carbocycles. The molecule has 0 bridgehead atoms. The Bertz CT molecular complexity index is 777. The van der Waals surface area contributed by atoms with Gasteiger partial charge in [0.1, 0.15) is 0 Å². The van der Waals surface area contributed by atoms with Gasteiger partial charge < -0.3 is 10.1 Å². The molecular formula is C21H25NO3S. The fourth-order valence-electron chi connectivity index (χ4n) is 3.37. The zero-order valence-corrected chi connectivity index (χ0v) is 15.9. The number of ether oxygens (including phenoxy) is 1. The number of fused-ring (bicyclic) bond motifs is 1. The highest BCUT2D eigenvalue weighted by Crippen LogP contribution is 2.24. The van der Waals surface area contributed by atoms with Crippen LogP contribution in [0.2, 0.25) is 0 Å². The Morgan fingerprint density at radius 1 is 1.12 bits per heavy atom. The summed E-state index contributed by atoms with van der Waals surface area (Å²) in [7, 11) is 0. The molecule has 0 saturated heterocycles. The summed E-state index contributed by atoms with van der Waals surface area (Å²) in [6, 6.07) is 14.4. The van der Waals surface area contributed by atoms with E-state index in [9.17, 15) is 9.59 Å². The monoisotopic (exact) mass is 371 g/mol. The van der Waals surface area contributed by atoms with Gasteiger partial charge in [-0.25, -0.2) is 0 Å². The van der Waals surface area contributed by atoms with E-state index >= 15 is 0 Å². The summed E-state index contributed by atoms with van der Waals surface area (Å²) in [6.45, 7) is 1.97. The van der Waals surface area contributed by atoms with Gasteiger partial charge in [0, 0.05) is 10.9 Å². The standard InChI is InChI=1S/C21H25NO3S/c1-15-6-2-5-9-19(15)22-20(23)13-25-21(24)14-26-18-11-10-16-7-3-4-8-17(16)12-18/h3-4,7-8,10-12,15,19H,2,5-6,9,13-14H2,1H3,(H,22,23). The van der Waals surface area contributed by atoms with E-state index < -0.39 is 0 Å². The van der Waals surface area contributed by atoms with Crippen molar-refractivity contribution >= 4 is 34.4 Å². The Morgan fingerprint density at radius 3 is 2.69 bits per heavy atom. The number of amides is 1. The molecule has 2 aromatic carbocycles. The quantitative estimate of drug-likeness (QED) is 0.612. The Hall–Kier alpha value is -2.01. The summed E-state index contributed by atoms with van der Waals surface area (Å²) in [5.74, 6) is 0.125. The molecule has 2 atom stereocenters. The number of nitrogens with one attached hydrogen (secondary N) is 1. The number of thioether (sulfide) groups is 1. The number of benzene rings is 2. The minimum atomic E-state index is -0.366. The first kappa shape index (κ1) is 18.8. The van der Waals surface area contributed by atoms with Gasteiger partial charge in [-0.1, -0.05) is 50.1 Å². The lowest BCUT2D eigenvalue weighted by molar-refractivity contribution is -0.146. The van der Waals surface area contributed by atoms with Crippen molar-refractivity contribution in [1.82, 2.24) is 5.32 Å². The molecule has 1 saturated carbocycles. The summed E-state index contributed by atoms with van der Waals surface area (Å²) >= 11 is 1.42. The number of carbonyl (C=O) groups is 2. The van der Waals surface area contributed by atoms with Crippen LogP contribution in [0.4, 0.5) is 0 Å². The number of hydrogen-bond acceptors (Lipinski definition) is 4. The molecule has 0 aromatic heterocycles. The van der Waals surface area contributed by atoms with Gasteiger partial charge in [0.2, 0.25) is 0 Å². The topological polar surface area (TPSA) is 55.4 Å². The average Bonchev–Trinajstić information content (AvgIpc) is 2.66. The lowest BCUT2D eigenvalue weighted by Gasteiger charge is -2.29. The maximum atomic E-state index is 12.0. The van der Waals surface area contributed by atoms with Crippen molar-refractivity contribution < 1.29 is 14.3 Å². The lowest BCUT2D eigenvalue weighted by Crippen LogP contribution is -2.43. The van der Waals surface area contributed by atoms with E-state index in [1.54, 1.807) is 0 Å². The molecule has 5 heteroatoms. The molecule has 0 radical (unpaired) electrons. The van der Waals surface area contributed by atoms with E-state index in [1.807, 2.05) is 30.3 Å². The normalized spacial score (nSPS) is 19.9. The number of hydrogen-bond donors (Lipinski definition) is 1. The van der Waals surface area contributed by atoms with Gasteiger partial charge >= 0.3 is 5.97 Å². The fraction of sp³-hybridized carbons (Fsp3) is 0.429. The number of esters is 1. The van der Waals surface area contributed by atoms with Crippen LogP contribution in [-0.2, 0) is 14.3 Å². The molecule has 1 N–H and O–H groups in total. The summed E-state index contributed by atoms with van der Waals surface area (Å²) in [5, 5.41) is 5.31. The van der Waals surface area contributed by atoms with E-state index in [1.165, 1.54) is 23.6 Å². The molecule has 0 aliphatic heterocycles. The minimum absolute atomic E-state index is 0.194. The van der Waals surface area contributed by atoms with Crippen molar-refractivity contribution in [3.8, 4) is 0 Å². The van der Waals surface area contributed by atoms with Gasteiger partial charge in [-0.15, -0.1) is 11.8 Å². The van der Waals surface area contributed by atoms with E-state index in [0.717, 1.165) is 29.5 Å². The number of rotatable bonds is 6. The molecule has 0 spiro atoms. The fourth-order valence-corrected chi connectivity index (χ4v) is 4.11. The molecule has 26 heavy (non-hydrogen) atoms. The van der Waals surface area contributed by atoms with Gasteiger partial charge in [0.15, 0.2) is 6.61 Å². The summed E-state index contributed by atoms with van der Waals surface area (Å²) < 4.78 is 5.12. The number of carbonyl (C=O) groups excluding carboxylic acids is 2. The van der Waals surface area contributed by atoms with Crippen molar-refractivity contribution in [1.29, 1.82) is 0 Å². The van der Waals surface area contributed by atoms with Crippen molar-refractivity contribution in [3.63, 3.8) is 0 Å². The van der Waals surface area contributed by atoms with Crippen LogP contribution in [0.25, 0.3) is 10.8 Å². The first-order valence-electron chi connectivity index (χ1n) is 9.18. The highest BCUT2D eigenvalue weighted by molar-refractivity contribution is 8.00. The average molecular weight is 372 g/mol. The Balaban J connectivity index is 1.41. The van der Waals surface area contributed by atoms with Gasteiger partial charge in [0.25, 0.3) is 5.91 Å². The van der Waals surface area contributed by atoms with E-state index in [-0.39, 0.29) is 30.3 Å². The van der Waals surface area contributed by atoms with Crippen LogP contribution in [0.1, 0.15) is 32.6 Å². The molecular weight excluding hydrogens is 346 g/mol. The zero-order valence-electron chi connectivity index (χ0n) is 15.1. The van der Waals surface area contributed by atoms with Crippen LogP contribution in [-0.4, -0.2) is 30.3 Å². The minimum Gasteiger partial charge on any atom is -0.455 e.